The van der Waals surface area contributed by atoms with Crippen molar-refractivity contribution in [1.29, 1.82) is 0 Å². The summed E-state index contributed by atoms with van der Waals surface area (Å²) in [7, 11) is -1.56. The maximum atomic E-state index is 13.6. The van der Waals surface area contributed by atoms with Gasteiger partial charge in [0, 0.05) is 26.2 Å². The fraction of sp³-hybridized carbons (Fsp3) is 0.500. The second kappa shape index (κ2) is 4.68. The van der Waals surface area contributed by atoms with Gasteiger partial charge in [-0.1, -0.05) is 0 Å². The summed E-state index contributed by atoms with van der Waals surface area (Å²) in [6.07, 6.45) is 0. The van der Waals surface area contributed by atoms with Crippen molar-refractivity contribution in [2.45, 2.75) is 0 Å². The van der Waals surface area contributed by atoms with E-state index in [0.717, 1.165) is 6.07 Å². The van der Waals surface area contributed by atoms with E-state index in [9.17, 15) is 17.2 Å². The van der Waals surface area contributed by atoms with Gasteiger partial charge in [0.05, 0.1) is 11.5 Å². The third kappa shape index (κ3) is 2.53. The van der Waals surface area contributed by atoms with Gasteiger partial charge in [0.1, 0.15) is 0 Å². The van der Waals surface area contributed by atoms with Crippen LogP contribution in [0.5, 0.6) is 0 Å². The zero-order chi connectivity index (χ0) is 13.3. The SMILES string of the molecule is CNc1nc(N2CCS(=O)(=O)CC2)c(F)cc1F. The lowest BCUT2D eigenvalue weighted by Gasteiger charge is -2.28. The van der Waals surface area contributed by atoms with Gasteiger partial charge >= 0.3 is 0 Å². The van der Waals surface area contributed by atoms with E-state index in [1.807, 2.05) is 0 Å². The largest absolute Gasteiger partial charge is 0.371 e. The van der Waals surface area contributed by atoms with E-state index in [1.54, 1.807) is 0 Å². The third-order valence-corrected chi connectivity index (χ3v) is 4.40. The first kappa shape index (κ1) is 13.0. The monoisotopic (exact) mass is 277 g/mol. The highest BCUT2D eigenvalue weighted by Crippen LogP contribution is 2.23. The Hall–Kier alpha value is -1.44. The van der Waals surface area contributed by atoms with Crippen LogP contribution in [0, 0.1) is 11.6 Å². The number of aromatic nitrogens is 1. The number of nitrogens with one attached hydrogen (secondary N) is 1. The molecule has 1 N–H and O–H groups in total. The van der Waals surface area contributed by atoms with Crippen LogP contribution in [0.2, 0.25) is 0 Å². The highest BCUT2D eigenvalue weighted by atomic mass is 32.2. The van der Waals surface area contributed by atoms with E-state index in [-0.39, 0.29) is 36.2 Å². The average Bonchev–Trinajstić information content (AvgIpc) is 2.30. The van der Waals surface area contributed by atoms with Gasteiger partial charge in [-0.05, 0) is 0 Å². The predicted molar refractivity (Wildman–Crippen MR) is 64.6 cm³/mol. The number of anilines is 2. The number of rotatable bonds is 2. The van der Waals surface area contributed by atoms with Crippen molar-refractivity contribution in [1.82, 2.24) is 4.98 Å². The van der Waals surface area contributed by atoms with Crippen molar-refractivity contribution in [2.75, 3.05) is 41.9 Å². The molecule has 1 aromatic rings. The van der Waals surface area contributed by atoms with Crippen LogP contribution in [0.1, 0.15) is 0 Å². The van der Waals surface area contributed by atoms with E-state index < -0.39 is 21.5 Å². The lowest BCUT2D eigenvalue weighted by atomic mass is 10.3. The van der Waals surface area contributed by atoms with E-state index in [2.05, 4.69) is 10.3 Å². The molecule has 1 aliphatic rings. The fourth-order valence-corrected chi connectivity index (χ4v) is 2.98. The van der Waals surface area contributed by atoms with Crippen LogP contribution < -0.4 is 10.2 Å². The number of pyridine rings is 1. The summed E-state index contributed by atoms with van der Waals surface area (Å²) < 4.78 is 49.4. The molecule has 2 rings (SSSR count). The molecule has 0 saturated carbocycles. The van der Waals surface area contributed by atoms with Crippen molar-refractivity contribution >= 4 is 21.5 Å². The highest BCUT2D eigenvalue weighted by Gasteiger charge is 2.25. The minimum absolute atomic E-state index is 0.0179. The molecule has 0 unspecified atom stereocenters. The Morgan fingerprint density at radius 2 is 1.89 bits per heavy atom. The first-order valence-corrected chi connectivity index (χ1v) is 7.24. The molecular weight excluding hydrogens is 264 g/mol. The number of nitrogens with zero attached hydrogens (tertiary/aromatic N) is 2. The van der Waals surface area contributed by atoms with Crippen molar-refractivity contribution in [3.63, 3.8) is 0 Å². The molecule has 2 heterocycles. The quantitative estimate of drug-likeness (QED) is 0.859. The maximum Gasteiger partial charge on any atom is 0.168 e. The first-order valence-electron chi connectivity index (χ1n) is 5.42. The number of sulfone groups is 1. The van der Waals surface area contributed by atoms with E-state index in [0.29, 0.717) is 0 Å². The molecule has 18 heavy (non-hydrogen) atoms. The van der Waals surface area contributed by atoms with Crippen molar-refractivity contribution in [2.24, 2.45) is 0 Å². The summed E-state index contributed by atoms with van der Waals surface area (Å²) in [6.45, 7) is 0.335. The Kier molecular flexibility index (Phi) is 3.38. The molecule has 5 nitrogen and oxygen atoms in total. The van der Waals surface area contributed by atoms with Crippen LogP contribution in [0.4, 0.5) is 20.4 Å². The third-order valence-electron chi connectivity index (χ3n) is 2.79. The van der Waals surface area contributed by atoms with Crippen molar-refractivity contribution < 1.29 is 17.2 Å². The topological polar surface area (TPSA) is 62.3 Å². The zero-order valence-electron chi connectivity index (χ0n) is 9.78. The standard InChI is InChI=1S/C10H13F2N3O2S/c1-13-9-7(11)6-8(12)10(14-9)15-2-4-18(16,17)5-3-15/h6H,2-5H2,1H3,(H,13,14). The second-order valence-corrected chi connectivity index (χ2v) is 6.32. The molecule has 0 aromatic carbocycles. The Balaban J connectivity index is 2.29. The molecule has 1 fully saturated rings. The minimum atomic E-state index is -3.04. The summed E-state index contributed by atoms with van der Waals surface area (Å²) in [5.41, 5.74) is 0. The summed E-state index contributed by atoms with van der Waals surface area (Å²) in [5.74, 6) is -1.72. The summed E-state index contributed by atoms with van der Waals surface area (Å²) >= 11 is 0. The van der Waals surface area contributed by atoms with Gasteiger partial charge < -0.3 is 10.2 Å². The molecule has 1 aliphatic heterocycles. The molecule has 1 aromatic heterocycles. The molecule has 100 valence electrons. The molecular formula is C10H13F2N3O2S. The van der Waals surface area contributed by atoms with Crippen LogP contribution in [0.15, 0.2) is 6.07 Å². The highest BCUT2D eigenvalue weighted by molar-refractivity contribution is 7.91. The second-order valence-electron chi connectivity index (χ2n) is 4.01. The molecule has 0 bridgehead atoms. The van der Waals surface area contributed by atoms with Crippen molar-refractivity contribution in [3.05, 3.63) is 17.7 Å². The van der Waals surface area contributed by atoms with Gasteiger partial charge in [0.2, 0.25) is 0 Å². The first-order chi connectivity index (χ1) is 8.43. The lowest BCUT2D eigenvalue weighted by molar-refractivity contribution is 0.564. The molecule has 1 saturated heterocycles. The Bertz CT molecular complexity index is 548. The fourth-order valence-electron chi connectivity index (χ4n) is 1.78. The molecule has 0 aliphatic carbocycles. The normalized spacial score (nSPS) is 18.7. The van der Waals surface area contributed by atoms with Crippen LogP contribution >= 0.6 is 0 Å². The average molecular weight is 277 g/mol. The van der Waals surface area contributed by atoms with E-state index >= 15 is 0 Å². The lowest BCUT2D eigenvalue weighted by Crippen LogP contribution is -2.41. The number of hydrogen-bond acceptors (Lipinski definition) is 5. The maximum absolute atomic E-state index is 13.6. The molecule has 0 atom stereocenters. The predicted octanol–water partition coefficient (Wildman–Crippen LogP) is 0.636. The van der Waals surface area contributed by atoms with Crippen LogP contribution in [0.25, 0.3) is 0 Å². The molecule has 0 radical (unpaired) electrons. The zero-order valence-corrected chi connectivity index (χ0v) is 10.6. The summed E-state index contributed by atoms with van der Waals surface area (Å²) in [5, 5.41) is 2.52. The van der Waals surface area contributed by atoms with Crippen LogP contribution in [-0.2, 0) is 9.84 Å². The number of halogens is 2. The van der Waals surface area contributed by atoms with Crippen LogP contribution in [-0.4, -0.2) is 45.0 Å². The van der Waals surface area contributed by atoms with Gasteiger partial charge in [0.15, 0.2) is 33.1 Å². The van der Waals surface area contributed by atoms with Gasteiger partial charge in [-0.15, -0.1) is 0 Å². The Labute approximate surface area is 104 Å². The molecule has 0 amide bonds. The van der Waals surface area contributed by atoms with Crippen LogP contribution in [0.3, 0.4) is 0 Å². The summed E-state index contributed by atoms with van der Waals surface area (Å²) in [6, 6.07) is 0.747. The molecule has 0 spiro atoms. The van der Waals surface area contributed by atoms with E-state index in [4.69, 9.17) is 0 Å². The van der Waals surface area contributed by atoms with Gasteiger partial charge in [-0.2, -0.15) is 0 Å². The minimum Gasteiger partial charge on any atom is -0.371 e. The van der Waals surface area contributed by atoms with E-state index in [1.165, 1.54) is 11.9 Å². The molecule has 8 heteroatoms. The van der Waals surface area contributed by atoms with Crippen molar-refractivity contribution in [3.8, 4) is 0 Å². The van der Waals surface area contributed by atoms with Gasteiger partial charge in [0.25, 0.3) is 0 Å². The van der Waals surface area contributed by atoms with Gasteiger partial charge in [-0.25, -0.2) is 22.2 Å². The Morgan fingerprint density at radius 3 is 2.44 bits per heavy atom. The number of hydrogen-bond donors (Lipinski definition) is 1. The van der Waals surface area contributed by atoms with Gasteiger partial charge in [-0.3, -0.25) is 0 Å². The Morgan fingerprint density at radius 1 is 1.28 bits per heavy atom. The summed E-state index contributed by atoms with van der Waals surface area (Å²) in [4.78, 5) is 5.34. The smallest absolute Gasteiger partial charge is 0.168 e.